The van der Waals surface area contributed by atoms with Gasteiger partial charge in [-0.05, 0) is 36.1 Å². The molecule has 1 aliphatic rings. The highest BCUT2D eigenvalue weighted by Gasteiger charge is 2.21. The van der Waals surface area contributed by atoms with Gasteiger partial charge in [-0.15, -0.1) is 0 Å². The third kappa shape index (κ3) is 1.61. The van der Waals surface area contributed by atoms with Crippen molar-refractivity contribution in [1.29, 1.82) is 0 Å². The lowest BCUT2D eigenvalue weighted by Crippen LogP contribution is -2.16. The molecule has 0 spiro atoms. The maximum absolute atomic E-state index is 10.3. The number of amides is 1. The van der Waals surface area contributed by atoms with Gasteiger partial charge in [-0.2, -0.15) is 0 Å². The summed E-state index contributed by atoms with van der Waals surface area (Å²) in [6.45, 7) is 0. The molecule has 68 valence electrons. The van der Waals surface area contributed by atoms with Crippen LogP contribution < -0.4 is 5.32 Å². The zero-order valence-electron chi connectivity index (χ0n) is 7.09. The molecule has 0 aliphatic heterocycles. The topological polar surface area (TPSA) is 29.1 Å². The van der Waals surface area contributed by atoms with Gasteiger partial charge in [0, 0.05) is 4.47 Å². The number of halogens is 1. The van der Waals surface area contributed by atoms with Gasteiger partial charge < -0.3 is 5.32 Å². The molecule has 0 saturated heterocycles. The number of nitrogens with one attached hydrogen (secondary N) is 1. The summed E-state index contributed by atoms with van der Waals surface area (Å²) in [5.41, 5.74) is 2.60. The van der Waals surface area contributed by atoms with Crippen LogP contribution in [-0.2, 0) is 11.2 Å². The van der Waals surface area contributed by atoms with Crippen molar-refractivity contribution in [2.75, 3.05) is 0 Å². The zero-order chi connectivity index (χ0) is 9.26. The van der Waals surface area contributed by atoms with Gasteiger partial charge in [-0.25, -0.2) is 0 Å². The normalized spacial score (nSPS) is 19.6. The van der Waals surface area contributed by atoms with Gasteiger partial charge in [0.15, 0.2) is 0 Å². The van der Waals surface area contributed by atoms with Gasteiger partial charge in [-0.1, -0.05) is 22.0 Å². The SMILES string of the molecule is O=CNC1CCc2cc(Br)ccc21. The van der Waals surface area contributed by atoms with E-state index in [0.29, 0.717) is 0 Å². The molecule has 0 saturated carbocycles. The Balaban J connectivity index is 2.32. The molecule has 13 heavy (non-hydrogen) atoms. The van der Waals surface area contributed by atoms with Crippen LogP contribution in [0.1, 0.15) is 23.6 Å². The molecular weight excluding hydrogens is 230 g/mol. The summed E-state index contributed by atoms with van der Waals surface area (Å²) in [5, 5.41) is 2.82. The molecular formula is C10H10BrNO. The average molecular weight is 240 g/mol. The number of rotatable bonds is 2. The van der Waals surface area contributed by atoms with E-state index in [9.17, 15) is 4.79 Å². The molecule has 3 heteroatoms. The van der Waals surface area contributed by atoms with Crippen molar-refractivity contribution in [3.05, 3.63) is 33.8 Å². The highest BCUT2D eigenvalue weighted by atomic mass is 79.9. The summed E-state index contributed by atoms with van der Waals surface area (Å²) in [7, 11) is 0. The predicted molar refractivity (Wildman–Crippen MR) is 54.4 cm³/mol. The van der Waals surface area contributed by atoms with Crippen LogP contribution in [0.5, 0.6) is 0 Å². The number of carbonyl (C=O) groups is 1. The smallest absolute Gasteiger partial charge is 0.207 e. The molecule has 0 aromatic heterocycles. The van der Waals surface area contributed by atoms with E-state index >= 15 is 0 Å². The van der Waals surface area contributed by atoms with Crippen molar-refractivity contribution >= 4 is 22.3 Å². The Morgan fingerprint density at radius 2 is 2.38 bits per heavy atom. The molecule has 1 N–H and O–H groups in total. The number of fused-ring (bicyclic) bond motifs is 1. The van der Waals surface area contributed by atoms with Crippen LogP contribution >= 0.6 is 15.9 Å². The second kappa shape index (κ2) is 3.50. The summed E-state index contributed by atoms with van der Waals surface area (Å²) in [6, 6.07) is 6.44. The molecule has 0 bridgehead atoms. The zero-order valence-corrected chi connectivity index (χ0v) is 8.67. The lowest BCUT2D eigenvalue weighted by atomic mass is 10.1. The summed E-state index contributed by atoms with van der Waals surface area (Å²) in [4.78, 5) is 10.3. The highest BCUT2D eigenvalue weighted by Crippen LogP contribution is 2.32. The molecule has 0 heterocycles. The summed E-state index contributed by atoms with van der Waals surface area (Å²) in [6.07, 6.45) is 2.85. The Bertz CT molecular complexity index is 338. The molecule has 2 nitrogen and oxygen atoms in total. The average Bonchev–Trinajstić information content (AvgIpc) is 2.49. The molecule has 1 aromatic carbocycles. The van der Waals surface area contributed by atoms with Crippen LogP contribution in [0.3, 0.4) is 0 Å². The molecule has 0 radical (unpaired) electrons. The monoisotopic (exact) mass is 239 g/mol. The van der Waals surface area contributed by atoms with Crippen molar-refractivity contribution in [2.24, 2.45) is 0 Å². The predicted octanol–water partition coefficient (Wildman–Crippen LogP) is 2.18. The van der Waals surface area contributed by atoms with Crippen molar-refractivity contribution in [1.82, 2.24) is 5.32 Å². The summed E-state index contributed by atoms with van der Waals surface area (Å²) in [5.74, 6) is 0. The first-order valence-electron chi connectivity index (χ1n) is 4.29. The third-order valence-electron chi connectivity index (χ3n) is 2.45. The minimum Gasteiger partial charge on any atom is -0.352 e. The molecule has 0 fully saturated rings. The second-order valence-corrected chi connectivity index (χ2v) is 4.13. The quantitative estimate of drug-likeness (QED) is 0.788. The lowest BCUT2D eigenvalue weighted by Gasteiger charge is -2.09. The van der Waals surface area contributed by atoms with Gasteiger partial charge in [0.2, 0.25) is 6.41 Å². The number of aryl methyl sites for hydroxylation is 1. The van der Waals surface area contributed by atoms with Crippen molar-refractivity contribution in [3.8, 4) is 0 Å². The first-order chi connectivity index (χ1) is 6.31. The first kappa shape index (κ1) is 8.75. The van der Waals surface area contributed by atoms with E-state index in [4.69, 9.17) is 0 Å². The number of benzene rings is 1. The van der Waals surface area contributed by atoms with Crippen molar-refractivity contribution in [2.45, 2.75) is 18.9 Å². The summed E-state index contributed by atoms with van der Waals surface area (Å²) >= 11 is 3.43. The van der Waals surface area contributed by atoms with Gasteiger partial charge in [0.05, 0.1) is 6.04 Å². The second-order valence-electron chi connectivity index (χ2n) is 3.22. The van der Waals surface area contributed by atoms with E-state index in [0.717, 1.165) is 23.7 Å². The highest BCUT2D eigenvalue weighted by molar-refractivity contribution is 9.10. The molecule has 1 atom stereocenters. The number of hydrogen-bond acceptors (Lipinski definition) is 1. The van der Waals surface area contributed by atoms with Gasteiger partial charge in [0.25, 0.3) is 0 Å². The van der Waals surface area contributed by atoms with Crippen molar-refractivity contribution in [3.63, 3.8) is 0 Å². The van der Waals surface area contributed by atoms with Gasteiger partial charge in [-0.3, -0.25) is 4.79 Å². The fourth-order valence-corrected chi connectivity index (χ4v) is 2.25. The van der Waals surface area contributed by atoms with E-state index < -0.39 is 0 Å². The Kier molecular flexibility index (Phi) is 2.36. The Hall–Kier alpha value is -0.830. The molecule has 1 aliphatic carbocycles. The largest absolute Gasteiger partial charge is 0.352 e. The van der Waals surface area contributed by atoms with Crippen LogP contribution in [0, 0.1) is 0 Å². The number of carbonyl (C=O) groups excluding carboxylic acids is 1. The minimum atomic E-state index is 0.223. The first-order valence-corrected chi connectivity index (χ1v) is 5.08. The summed E-state index contributed by atoms with van der Waals surface area (Å²) < 4.78 is 1.11. The molecule has 2 rings (SSSR count). The lowest BCUT2D eigenvalue weighted by molar-refractivity contribution is -0.110. The Morgan fingerprint density at radius 1 is 1.54 bits per heavy atom. The fraction of sp³-hybridized carbons (Fsp3) is 0.300. The van der Waals surface area contributed by atoms with Crippen LogP contribution in [-0.4, -0.2) is 6.41 Å². The maximum Gasteiger partial charge on any atom is 0.207 e. The third-order valence-corrected chi connectivity index (χ3v) is 2.95. The Morgan fingerprint density at radius 3 is 3.15 bits per heavy atom. The fourth-order valence-electron chi connectivity index (χ4n) is 1.84. The van der Waals surface area contributed by atoms with Crippen LogP contribution in [0.25, 0.3) is 0 Å². The minimum absolute atomic E-state index is 0.223. The molecule has 1 unspecified atom stereocenters. The van der Waals surface area contributed by atoms with E-state index in [1.807, 2.05) is 6.07 Å². The van der Waals surface area contributed by atoms with E-state index in [-0.39, 0.29) is 6.04 Å². The van der Waals surface area contributed by atoms with E-state index in [1.54, 1.807) is 0 Å². The van der Waals surface area contributed by atoms with Crippen LogP contribution in [0.2, 0.25) is 0 Å². The number of hydrogen-bond donors (Lipinski definition) is 1. The maximum atomic E-state index is 10.3. The Labute approximate surface area is 85.5 Å². The van der Waals surface area contributed by atoms with Crippen LogP contribution in [0.4, 0.5) is 0 Å². The van der Waals surface area contributed by atoms with E-state index in [1.165, 1.54) is 11.1 Å². The standard InChI is InChI=1S/C10H10BrNO/c11-8-2-3-9-7(5-8)1-4-10(9)12-6-13/h2-3,5-6,10H,1,4H2,(H,12,13). The molecule has 1 aromatic rings. The molecule has 1 amide bonds. The van der Waals surface area contributed by atoms with Gasteiger partial charge in [0.1, 0.15) is 0 Å². The van der Waals surface area contributed by atoms with Gasteiger partial charge >= 0.3 is 0 Å². The van der Waals surface area contributed by atoms with Crippen LogP contribution in [0.15, 0.2) is 22.7 Å². The van der Waals surface area contributed by atoms with E-state index in [2.05, 4.69) is 33.4 Å². The van der Waals surface area contributed by atoms with Crippen molar-refractivity contribution < 1.29 is 4.79 Å².